The maximum atomic E-state index is 6.42. The third-order valence-electron chi connectivity index (χ3n) is 10.5. The summed E-state index contributed by atoms with van der Waals surface area (Å²) < 4.78 is 2.51. The Morgan fingerprint density at radius 3 is 2.06 bits per heavy atom. The zero-order chi connectivity index (χ0) is 33.0. The molecule has 0 radical (unpaired) electrons. The van der Waals surface area contributed by atoms with E-state index in [2.05, 4.69) is 151 Å². The summed E-state index contributed by atoms with van der Waals surface area (Å²) >= 11 is 0. The Labute approximate surface area is 287 Å². The molecule has 2 aliphatic carbocycles. The third-order valence-corrected chi connectivity index (χ3v) is 10.5. The Morgan fingerprint density at radius 2 is 1.35 bits per heavy atom. The number of fused-ring (bicyclic) bond motifs is 6. The van der Waals surface area contributed by atoms with Crippen molar-refractivity contribution in [3.63, 3.8) is 0 Å². The van der Waals surface area contributed by atoms with E-state index in [-0.39, 0.29) is 0 Å². The van der Waals surface area contributed by atoms with Gasteiger partial charge in [-0.3, -0.25) is 0 Å². The molecule has 1 aromatic heterocycles. The van der Waals surface area contributed by atoms with Crippen molar-refractivity contribution in [2.24, 2.45) is 10.9 Å². The average Bonchev–Trinajstić information content (AvgIpc) is 3.62. The first-order valence-electron chi connectivity index (χ1n) is 17.2. The van der Waals surface area contributed by atoms with Crippen molar-refractivity contribution in [2.45, 2.75) is 25.3 Å². The lowest BCUT2D eigenvalue weighted by Gasteiger charge is -2.34. The zero-order valence-electron chi connectivity index (χ0n) is 27.6. The van der Waals surface area contributed by atoms with Crippen LogP contribution in [0.15, 0.2) is 163 Å². The molecule has 3 heteroatoms. The minimum absolute atomic E-state index is 0.440. The maximum absolute atomic E-state index is 6.42. The highest BCUT2D eigenvalue weighted by Gasteiger charge is 2.46. The lowest BCUT2D eigenvalue weighted by Crippen LogP contribution is -2.28. The summed E-state index contributed by atoms with van der Waals surface area (Å²) in [4.78, 5) is 5.21. The molecule has 2 N–H and O–H groups in total. The van der Waals surface area contributed by atoms with Crippen LogP contribution in [0, 0.1) is 5.92 Å². The molecule has 49 heavy (non-hydrogen) atoms. The molecule has 1 heterocycles. The van der Waals surface area contributed by atoms with E-state index in [1.807, 2.05) is 24.3 Å². The van der Waals surface area contributed by atoms with Crippen LogP contribution in [0.4, 0.5) is 11.4 Å². The van der Waals surface area contributed by atoms with Gasteiger partial charge in [-0.2, -0.15) is 0 Å². The first-order chi connectivity index (χ1) is 24.1. The number of rotatable bonds is 6. The van der Waals surface area contributed by atoms with E-state index in [9.17, 15) is 0 Å². The zero-order valence-corrected chi connectivity index (χ0v) is 27.6. The number of aromatic nitrogens is 1. The molecule has 3 nitrogen and oxygen atoms in total. The van der Waals surface area contributed by atoms with Crippen LogP contribution in [0.2, 0.25) is 0 Å². The van der Waals surface area contributed by atoms with Gasteiger partial charge < -0.3 is 10.3 Å². The molecule has 6 aromatic carbocycles. The van der Waals surface area contributed by atoms with E-state index in [1.54, 1.807) is 0 Å². The van der Waals surface area contributed by atoms with Gasteiger partial charge in [-0.25, -0.2) is 4.99 Å². The molecule has 7 aromatic rings. The number of anilines is 1. The van der Waals surface area contributed by atoms with Crippen molar-refractivity contribution in [1.29, 1.82) is 0 Å². The Hall–Kier alpha value is -5.93. The highest BCUT2D eigenvalue weighted by Crippen LogP contribution is 2.56. The van der Waals surface area contributed by atoms with Gasteiger partial charge in [-0.1, -0.05) is 146 Å². The molecule has 236 valence electrons. The molecule has 0 unspecified atom stereocenters. The van der Waals surface area contributed by atoms with Crippen LogP contribution >= 0.6 is 0 Å². The van der Waals surface area contributed by atoms with Crippen molar-refractivity contribution < 1.29 is 0 Å². The largest absolute Gasteiger partial charge is 0.397 e. The topological polar surface area (TPSA) is 43.3 Å². The first-order valence-corrected chi connectivity index (χ1v) is 17.2. The molecule has 0 bridgehead atoms. The molecule has 0 saturated heterocycles. The number of para-hydroxylation sites is 2. The summed E-state index contributed by atoms with van der Waals surface area (Å²) in [6, 6.07) is 54.6. The van der Waals surface area contributed by atoms with Crippen molar-refractivity contribution >= 4 is 34.1 Å². The predicted octanol–water partition coefficient (Wildman–Crippen LogP) is 10.6. The molecular formula is C46H37N3. The molecule has 2 aliphatic rings. The average molecular weight is 632 g/mol. The van der Waals surface area contributed by atoms with Crippen LogP contribution in [-0.2, 0) is 18.4 Å². The van der Waals surface area contributed by atoms with E-state index >= 15 is 0 Å². The van der Waals surface area contributed by atoms with Crippen LogP contribution in [-0.4, -0.2) is 10.3 Å². The summed E-state index contributed by atoms with van der Waals surface area (Å²) in [5.74, 6) is 0.446. The van der Waals surface area contributed by atoms with Crippen molar-refractivity contribution in [3.05, 3.63) is 197 Å². The van der Waals surface area contributed by atoms with Gasteiger partial charge >= 0.3 is 0 Å². The van der Waals surface area contributed by atoms with E-state index in [0.717, 1.165) is 23.4 Å². The highest BCUT2D eigenvalue weighted by molar-refractivity contribution is 6.04. The fourth-order valence-corrected chi connectivity index (χ4v) is 8.31. The molecule has 0 saturated carbocycles. The fourth-order valence-electron chi connectivity index (χ4n) is 8.31. The van der Waals surface area contributed by atoms with Crippen LogP contribution in [0.1, 0.15) is 46.0 Å². The summed E-state index contributed by atoms with van der Waals surface area (Å²) in [7, 11) is 0. The van der Waals surface area contributed by atoms with Crippen molar-refractivity contribution in [1.82, 2.24) is 4.57 Å². The number of allylic oxidation sites excluding steroid dienone is 1. The van der Waals surface area contributed by atoms with Crippen molar-refractivity contribution in [3.8, 4) is 11.1 Å². The SMILES string of the molecule is C[C@H]1C=Cc2c(n(CC(=Nc3ccccc3N)c3ccccc3)c3ccc(C4(c5ccccc5)c5ccccc5-c5ccccc54)cc23)C1. The molecular weight excluding hydrogens is 595 g/mol. The van der Waals surface area contributed by atoms with Gasteiger partial charge in [0.1, 0.15) is 0 Å². The number of hydrogen-bond acceptors (Lipinski definition) is 2. The number of nitrogens with zero attached hydrogens (tertiary/aromatic N) is 2. The summed E-state index contributed by atoms with van der Waals surface area (Å²) in [5.41, 5.74) is 21.3. The summed E-state index contributed by atoms with van der Waals surface area (Å²) in [5, 5.41) is 1.28. The van der Waals surface area contributed by atoms with E-state index in [0.29, 0.717) is 18.2 Å². The summed E-state index contributed by atoms with van der Waals surface area (Å²) in [6.45, 7) is 2.94. The van der Waals surface area contributed by atoms with Gasteiger partial charge in [-0.05, 0) is 75.5 Å². The molecule has 0 spiro atoms. The van der Waals surface area contributed by atoms with Gasteiger partial charge in [0.25, 0.3) is 0 Å². The van der Waals surface area contributed by atoms with Gasteiger partial charge in [-0.15, -0.1) is 0 Å². The standard InChI is InChI=1S/C46H37N3/c1-31-24-26-37-38-29-34(46(33-16-6-3-7-17-33)39-20-10-8-18-35(39)36-19-9-11-21-40(36)46)25-27-44(38)49(45(37)28-31)30-43(32-14-4-2-5-15-32)48-42-23-13-12-22-41(42)47/h2-27,29,31H,28,30,47H2,1H3/t31-/m0/s1. The quantitative estimate of drug-likeness (QED) is 0.144. The predicted molar refractivity (Wildman–Crippen MR) is 205 cm³/mol. The Bertz CT molecular complexity index is 2370. The Kier molecular flexibility index (Phi) is 6.94. The van der Waals surface area contributed by atoms with Crippen LogP contribution in [0.3, 0.4) is 0 Å². The second kappa shape index (κ2) is 11.6. The number of aliphatic imine (C=N–C) groups is 1. The third kappa shape index (κ3) is 4.61. The van der Waals surface area contributed by atoms with Gasteiger partial charge in [0.15, 0.2) is 0 Å². The molecule has 0 aliphatic heterocycles. The van der Waals surface area contributed by atoms with E-state index < -0.39 is 5.41 Å². The summed E-state index contributed by atoms with van der Waals surface area (Å²) in [6.07, 6.45) is 5.69. The minimum Gasteiger partial charge on any atom is -0.397 e. The maximum Gasteiger partial charge on any atom is 0.0863 e. The number of hydrogen-bond donors (Lipinski definition) is 1. The van der Waals surface area contributed by atoms with Gasteiger partial charge in [0, 0.05) is 22.2 Å². The normalized spacial score (nSPS) is 15.9. The fraction of sp³-hybridized carbons (Fsp3) is 0.109. The number of nitrogens with two attached hydrogens (primary N) is 1. The molecule has 1 atom stereocenters. The van der Waals surface area contributed by atoms with Crippen LogP contribution in [0.25, 0.3) is 28.1 Å². The second-order valence-electron chi connectivity index (χ2n) is 13.4. The number of nitrogen functional groups attached to an aromatic ring is 1. The van der Waals surface area contributed by atoms with Crippen LogP contribution in [0.5, 0.6) is 0 Å². The van der Waals surface area contributed by atoms with Crippen molar-refractivity contribution in [2.75, 3.05) is 5.73 Å². The van der Waals surface area contributed by atoms with E-state index in [1.165, 1.54) is 55.5 Å². The lowest BCUT2D eigenvalue weighted by atomic mass is 9.67. The molecule has 0 fully saturated rings. The molecule has 9 rings (SSSR count). The second-order valence-corrected chi connectivity index (χ2v) is 13.4. The van der Waals surface area contributed by atoms with Gasteiger partial charge in [0.05, 0.1) is 29.0 Å². The van der Waals surface area contributed by atoms with Crippen LogP contribution < -0.4 is 5.73 Å². The Balaban J connectivity index is 1.29. The highest BCUT2D eigenvalue weighted by atomic mass is 15.0. The number of benzene rings is 6. The first kappa shape index (κ1) is 29.2. The van der Waals surface area contributed by atoms with Gasteiger partial charge in [0.2, 0.25) is 0 Å². The monoisotopic (exact) mass is 631 g/mol. The molecule has 0 amide bonds. The smallest absolute Gasteiger partial charge is 0.0863 e. The Morgan fingerprint density at radius 1 is 0.714 bits per heavy atom. The lowest BCUT2D eigenvalue weighted by molar-refractivity contribution is 0.666. The van der Waals surface area contributed by atoms with E-state index in [4.69, 9.17) is 10.7 Å². The minimum atomic E-state index is -0.440.